The topological polar surface area (TPSA) is 218 Å². The van der Waals surface area contributed by atoms with Crippen molar-refractivity contribution in [2.45, 2.75) is 153 Å². The average molecular weight is 907 g/mol. The van der Waals surface area contributed by atoms with Gasteiger partial charge in [-0.2, -0.15) is 11.8 Å². The molecule has 1 amide bonds. The van der Waals surface area contributed by atoms with E-state index in [1.54, 1.807) is 39.6 Å². The SMILES string of the molecule is CO[C@@H]1C[C@H](/C=C(\C)[C@H]2OC(=O)[C@@H]3CCCCN3C(=O)C(=O)[C@]3(O)O[C@H]([C@@H](O)C[C@@H](C=O)C/C(C)=C/[C@@H](CCCSCCN(C)C)C(=O)C[C@H](O)[C@H]2C)[C@@H](C=O)C[C@H]3C)CC[C@H]1O. The van der Waals surface area contributed by atoms with E-state index >= 15 is 0 Å². The van der Waals surface area contributed by atoms with Crippen LogP contribution in [-0.4, -0.2) is 160 Å². The lowest BCUT2D eigenvalue weighted by Crippen LogP contribution is -2.63. The first-order valence-corrected chi connectivity index (χ1v) is 24.0. The molecule has 16 heteroatoms. The number of carbonyl (C=O) groups excluding carboxylic acids is 6. The molecule has 15 nitrogen and oxygen atoms in total. The van der Waals surface area contributed by atoms with E-state index in [1.807, 2.05) is 26.2 Å². The van der Waals surface area contributed by atoms with E-state index in [9.17, 15) is 49.2 Å². The number of fused-ring (bicyclic) bond motifs is 3. The molecule has 0 aromatic heterocycles. The number of thioether (sulfide) groups is 1. The van der Waals surface area contributed by atoms with Gasteiger partial charge in [-0.05, 0) is 116 Å². The molecule has 1 saturated carbocycles. The van der Waals surface area contributed by atoms with Gasteiger partial charge in [0, 0.05) is 62.0 Å². The third-order valence-electron chi connectivity index (χ3n) is 13.6. The Kier molecular flexibility index (Phi) is 20.6. The first kappa shape index (κ1) is 52.8. The Labute approximate surface area is 377 Å². The number of aliphatic hydroxyl groups excluding tert-OH is 3. The number of aldehydes is 2. The van der Waals surface area contributed by atoms with Crippen LogP contribution in [0.4, 0.5) is 0 Å². The molecule has 0 radical (unpaired) electrons. The van der Waals surface area contributed by atoms with E-state index in [2.05, 4.69) is 4.90 Å². The fraction of sp³-hybridized carbons (Fsp3) is 0.787. The zero-order valence-corrected chi connectivity index (χ0v) is 39.2. The van der Waals surface area contributed by atoms with Crippen molar-refractivity contribution in [1.29, 1.82) is 0 Å². The molecule has 63 heavy (non-hydrogen) atoms. The summed E-state index contributed by atoms with van der Waals surface area (Å²) < 4.78 is 17.7. The average Bonchev–Trinajstić information content (AvgIpc) is 3.25. The van der Waals surface area contributed by atoms with Crippen molar-refractivity contribution < 1.29 is 63.4 Å². The van der Waals surface area contributed by atoms with Gasteiger partial charge in [0.1, 0.15) is 30.5 Å². The Hall–Kier alpha value is -2.83. The number of hydrogen-bond acceptors (Lipinski definition) is 15. The molecule has 4 rings (SSSR count). The number of rotatable bonds is 12. The summed E-state index contributed by atoms with van der Waals surface area (Å²) >= 11 is 1.78. The number of hydrogen-bond donors (Lipinski definition) is 4. The summed E-state index contributed by atoms with van der Waals surface area (Å²) in [5, 5.41) is 45.8. The second-order valence-electron chi connectivity index (χ2n) is 18.9. The molecule has 0 spiro atoms. The van der Waals surface area contributed by atoms with Crippen molar-refractivity contribution in [2.24, 2.45) is 35.5 Å². The van der Waals surface area contributed by atoms with Gasteiger partial charge in [-0.3, -0.25) is 14.4 Å². The minimum absolute atomic E-state index is 0.00426. The molecule has 3 heterocycles. The van der Waals surface area contributed by atoms with E-state index in [-0.39, 0.29) is 50.4 Å². The lowest BCUT2D eigenvalue weighted by Gasteiger charge is -2.45. The Morgan fingerprint density at radius 2 is 1.68 bits per heavy atom. The minimum Gasteiger partial charge on any atom is -0.456 e. The monoisotopic (exact) mass is 906 g/mol. The molecule has 4 N–H and O–H groups in total. The van der Waals surface area contributed by atoms with Crippen LogP contribution < -0.4 is 0 Å². The summed E-state index contributed by atoms with van der Waals surface area (Å²) in [7, 11) is 5.56. The lowest BCUT2D eigenvalue weighted by molar-refractivity contribution is -0.286. The van der Waals surface area contributed by atoms with Crippen molar-refractivity contribution in [3.05, 3.63) is 23.3 Å². The van der Waals surface area contributed by atoms with E-state index in [0.29, 0.717) is 68.7 Å². The molecule has 356 valence electrons. The largest absolute Gasteiger partial charge is 0.456 e. The van der Waals surface area contributed by atoms with Gasteiger partial charge in [-0.25, -0.2) is 4.79 Å². The number of piperidine rings is 1. The molecule has 0 unspecified atom stereocenters. The maximum atomic E-state index is 14.4. The number of Topliss-reactive ketones (excluding diaryl/α,β-unsaturated/α-hetero) is 2. The summed E-state index contributed by atoms with van der Waals surface area (Å²) in [6.07, 6.45) is 2.32. The number of ether oxygens (including phenoxy) is 3. The molecular formula is C47H74N2O13S. The second kappa shape index (κ2) is 24.6. The van der Waals surface area contributed by atoms with E-state index < -0.39 is 95.7 Å². The van der Waals surface area contributed by atoms with Crippen molar-refractivity contribution in [3.8, 4) is 0 Å². The van der Waals surface area contributed by atoms with Crippen LogP contribution in [0.25, 0.3) is 0 Å². The third kappa shape index (κ3) is 14.1. The van der Waals surface area contributed by atoms with Crippen molar-refractivity contribution in [3.63, 3.8) is 0 Å². The zero-order chi connectivity index (χ0) is 46.6. The molecule has 3 aliphatic heterocycles. The van der Waals surface area contributed by atoms with Gasteiger partial charge < -0.3 is 54.0 Å². The molecular weight excluding hydrogens is 833 g/mol. The van der Waals surface area contributed by atoms with Gasteiger partial charge in [-0.1, -0.05) is 31.6 Å². The molecule has 0 aromatic carbocycles. The number of methoxy groups -OCH3 is 1. The summed E-state index contributed by atoms with van der Waals surface area (Å²) in [6, 6.07) is -1.23. The van der Waals surface area contributed by atoms with E-state index in [1.165, 1.54) is 6.92 Å². The Morgan fingerprint density at radius 3 is 2.35 bits per heavy atom. The smallest absolute Gasteiger partial charge is 0.329 e. The van der Waals surface area contributed by atoms with Gasteiger partial charge in [0.2, 0.25) is 5.79 Å². The van der Waals surface area contributed by atoms with E-state index in [0.717, 1.165) is 23.0 Å². The van der Waals surface area contributed by atoms with E-state index in [4.69, 9.17) is 14.2 Å². The number of aliphatic hydroxyl groups is 4. The third-order valence-corrected chi connectivity index (χ3v) is 14.7. The maximum Gasteiger partial charge on any atom is 0.329 e. The predicted octanol–water partition coefficient (Wildman–Crippen LogP) is 3.46. The molecule has 0 aromatic rings. The first-order valence-electron chi connectivity index (χ1n) is 22.9. The van der Waals surface area contributed by atoms with Gasteiger partial charge >= 0.3 is 5.97 Å². The van der Waals surface area contributed by atoms with Gasteiger partial charge in [0.25, 0.3) is 11.7 Å². The van der Waals surface area contributed by atoms with Crippen LogP contribution in [0.15, 0.2) is 23.3 Å². The van der Waals surface area contributed by atoms with Crippen LogP contribution in [0, 0.1) is 35.5 Å². The molecule has 4 aliphatic rings. The number of ketones is 2. The highest BCUT2D eigenvalue weighted by molar-refractivity contribution is 7.99. The highest BCUT2D eigenvalue weighted by Crippen LogP contribution is 2.40. The fourth-order valence-corrected chi connectivity index (χ4v) is 10.8. The number of amides is 1. The fourth-order valence-electron chi connectivity index (χ4n) is 9.72. The minimum atomic E-state index is -2.76. The standard InChI is InChI=1S/C47H74N2O13S/c1-28-19-33(26-50)23-40(55)43-35(27-51)22-30(3)47(59,62-43)44(56)45(57)49-15-9-8-12-36(49)46(58)61-42(29(2)21-32-13-14-37(52)41(24-32)60-7)31(4)38(53)25-39(54)34(20-28)11-10-17-63-18-16-48(5)6/h20-21,26-27,30-38,40-43,52-53,55,59H,8-19,22-25H2,1-7H3/b28-20+,29-21+/t30-,31-,32+,33+,34-,35-,36+,37-,38+,40+,41-,42-,43+,47-/m1/s1. The van der Waals surface area contributed by atoms with Crippen molar-refractivity contribution in [2.75, 3.05) is 45.8 Å². The number of nitrogens with zero attached hydrogens (tertiary/aromatic N) is 2. The van der Waals surface area contributed by atoms with Crippen molar-refractivity contribution in [1.82, 2.24) is 9.80 Å². The molecule has 2 bridgehead atoms. The van der Waals surface area contributed by atoms with Gasteiger partial charge in [0.15, 0.2) is 0 Å². The quantitative estimate of drug-likeness (QED) is 0.0725. The summed E-state index contributed by atoms with van der Waals surface area (Å²) in [6.45, 7) is 7.65. The summed E-state index contributed by atoms with van der Waals surface area (Å²) in [5.41, 5.74) is 1.31. The zero-order valence-electron chi connectivity index (χ0n) is 38.4. The van der Waals surface area contributed by atoms with Crippen LogP contribution in [0.5, 0.6) is 0 Å². The number of carbonyl (C=O) groups is 6. The van der Waals surface area contributed by atoms with Gasteiger partial charge in [0.05, 0.1) is 30.5 Å². The van der Waals surface area contributed by atoms with Crippen molar-refractivity contribution >= 4 is 47.8 Å². The maximum absolute atomic E-state index is 14.4. The Bertz CT molecular complexity index is 1640. The molecule has 3 fully saturated rings. The number of esters is 1. The van der Waals surface area contributed by atoms with Crippen LogP contribution in [-0.2, 0) is 43.0 Å². The predicted molar refractivity (Wildman–Crippen MR) is 237 cm³/mol. The normalized spacial score (nSPS) is 38.2. The second-order valence-corrected chi connectivity index (χ2v) is 20.1. The molecule has 14 atom stereocenters. The lowest BCUT2D eigenvalue weighted by atomic mass is 9.78. The molecule has 1 aliphatic carbocycles. The van der Waals surface area contributed by atoms with Crippen LogP contribution in [0.1, 0.15) is 105 Å². The summed E-state index contributed by atoms with van der Waals surface area (Å²) in [4.78, 5) is 85.0. The van der Waals surface area contributed by atoms with Crippen LogP contribution in [0.3, 0.4) is 0 Å². The first-order chi connectivity index (χ1) is 29.8. The van der Waals surface area contributed by atoms with Crippen LogP contribution in [0.2, 0.25) is 0 Å². The number of cyclic esters (lactones) is 1. The highest BCUT2D eigenvalue weighted by Gasteiger charge is 2.56. The number of allylic oxidation sites excluding steroid dienone is 3. The summed E-state index contributed by atoms with van der Waals surface area (Å²) in [5.74, 6) is -8.91. The van der Waals surface area contributed by atoms with Crippen LogP contribution >= 0.6 is 11.8 Å². The Morgan fingerprint density at radius 1 is 0.952 bits per heavy atom. The molecule has 2 saturated heterocycles. The highest BCUT2D eigenvalue weighted by atomic mass is 32.2. The van der Waals surface area contributed by atoms with Gasteiger partial charge in [-0.15, -0.1) is 0 Å². The Balaban J connectivity index is 1.76.